The molecule has 2 fully saturated rings. The third-order valence-electron chi connectivity index (χ3n) is 3.54. The molecule has 1 N–H and O–H groups in total. The Morgan fingerprint density at radius 2 is 2.11 bits per heavy atom. The van der Waals surface area contributed by atoms with Gasteiger partial charge >= 0.3 is 0 Å². The van der Waals surface area contributed by atoms with E-state index in [2.05, 4.69) is 20.1 Å². The second-order valence-corrected chi connectivity index (χ2v) is 6.37. The summed E-state index contributed by atoms with van der Waals surface area (Å²) in [5.41, 5.74) is 0. The maximum absolute atomic E-state index is 5.01. The molecule has 0 spiro atoms. The SMILES string of the molecule is COCCNCCSc1nnc(C2CC2)n1C1CC1. The Labute approximate surface area is 118 Å². The molecule has 2 aliphatic carbocycles. The van der Waals surface area contributed by atoms with E-state index in [9.17, 15) is 0 Å². The summed E-state index contributed by atoms with van der Waals surface area (Å²) in [5, 5.41) is 13.3. The van der Waals surface area contributed by atoms with Crippen LogP contribution in [0.25, 0.3) is 0 Å². The molecule has 0 aromatic carbocycles. The van der Waals surface area contributed by atoms with Crippen molar-refractivity contribution in [1.82, 2.24) is 20.1 Å². The van der Waals surface area contributed by atoms with Gasteiger partial charge in [0.2, 0.25) is 0 Å². The second-order valence-electron chi connectivity index (χ2n) is 5.31. The zero-order valence-electron chi connectivity index (χ0n) is 11.5. The number of nitrogens with one attached hydrogen (secondary N) is 1. The maximum atomic E-state index is 5.01. The monoisotopic (exact) mass is 282 g/mol. The Balaban J connectivity index is 1.50. The Morgan fingerprint density at radius 3 is 2.79 bits per heavy atom. The predicted octanol–water partition coefficient (Wildman–Crippen LogP) is 1.82. The summed E-state index contributed by atoms with van der Waals surface area (Å²) in [5.74, 6) is 2.98. The van der Waals surface area contributed by atoms with Gasteiger partial charge in [0.25, 0.3) is 0 Å². The summed E-state index contributed by atoms with van der Waals surface area (Å²) in [6, 6.07) is 0.689. The van der Waals surface area contributed by atoms with Crippen LogP contribution in [0, 0.1) is 0 Å². The predicted molar refractivity (Wildman–Crippen MR) is 75.7 cm³/mol. The molecule has 0 radical (unpaired) electrons. The molecule has 0 amide bonds. The zero-order chi connectivity index (χ0) is 13.1. The highest BCUT2D eigenvalue weighted by molar-refractivity contribution is 7.99. The maximum Gasteiger partial charge on any atom is 0.191 e. The smallest absolute Gasteiger partial charge is 0.191 e. The van der Waals surface area contributed by atoms with Crippen LogP contribution in [0.1, 0.15) is 43.5 Å². The Kier molecular flexibility index (Phi) is 4.40. The minimum atomic E-state index is 0.689. The molecular weight excluding hydrogens is 260 g/mol. The van der Waals surface area contributed by atoms with E-state index in [-0.39, 0.29) is 0 Å². The van der Waals surface area contributed by atoms with Gasteiger partial charge in [-0.2, -0.15) is 0 Å². The van der Waals surface area contributed by atoms with Crippen LogP contribution in [0.2, 0.25) is 0 Å². The van der Waals surface area contributed by atoms with Crippen molar-refractivity contribution in [3.05, 3.63) is 5.82 Å². The largest absolute Gasteiger partial charge is 0.383 e. The second kappa shape index (κ2) is 6.24. The average molecular weight is 282 g/mol. The Morgan fingerprint density at radius 1 is 1.26 bits per heavy atom. The molecule has 0 atom stereocenters. The number of methoxy groups -OCH3 is 1. The van der Waals surface area contributed by atoms with Gasteiger partial charge in [0.05, 0.1) is 6.61 Å². The summed E-state index contributed by atoms with van der Waals surface area (Å²) in [6.07, 6.45) is 5.21. The van der Waals surface area contributed by atoms with E-state index in [1.54, 1.807) is 7.11 Å². The first kappa shape index (κ1) is 13.4. The molecule has 6 heteroatoms. The lowest BCUT2D eigenvalue weighted by atomic mass is 10.4. The first-order chi connectivity index (χ1) is 9.40. The Hall–Kier alpha value is -0.590. The zero-order valence-corrected chi connectivity index (χ0v) is 12.3. The number of thioether (sulfide) groups is 1. The van der Waals surface area contributed by atoms with Crippen LogP contribution < -0.4 is 5.32 Å². The number of hydrogen-bond acceptors (Lipinski definition) is 5. The van der Waals surface area contributed by atoms with Gasteiger partial charge < -0.3 is 14.6 Å². The van der Waals surface area contributed by atoms with E-state index in [0.717, 1.165) is 30.6 Å². The van der Waals surface area contributed by atoms with Crippen LogP contribution in [0.3, 0.4) is 0 Å². The number of aromatic nitrogens is 3. The minimum Gasteiger partial charge on any atom is -0.383 e. The Bertz CT molecular complexity index is 415. The van der Waals surface area contributed by atoms with Gasteiger partial charge in [-0.05, 0) is 25.7 Å². The molecule has 19 heavy (non-hydrogen) atoms. The first-order valence-corrected chi connectivity index (χ1v) is 8.16. The number of ether oxygens (including phenoxy) is 1. The number of rotatable bonds is 9. The summed E-state index contributed by atoms with van der Waals surface area (Å²) < 4.78 is 7.42. The number of hydrogen-bond donors (Lipinski definition) is 1. The van der Waals surface area contributed by atoms with E-state index in [1.165, 1.54) is 31.5 Å². The fraction of sp³-hybridized carbons (Fsp3) is 0.846. The fourth-order valence-corrected chi connectivity index (χ4v) is 3.11. The van der Waals surface area contributed by atoms with Crippen molar-refractivity contribution >= 4 is 11.8 Å². The van der Waals surface area contributed by atoms with Crippen molar-refractivity contribution in [1.29, 1.82) is 0 Å². The molecule has 106 valence electrons. The van der Waals surface area contributed by atoms with Gasteiger partial charge in [0.1, 0.15) is 5.82 Å². The van der Waals surface area contributed by atoms with Gasteiger partial charge in [-0.3, -0.25) is 0 Å². The minimum absolute atomic E-state index is 0.689. The average Bonchev–Trinajstić information content (AvgIpc) is 3.32. The summed E-state index contributed by atoms with van der Waals surface area (Å²) in [4.78, 5) is 0. The summed E-state index contributed by atoms with van der Waals surface area (Å²) in [7, 11) is 1.73. The third-order valence-corrected chi connectivity index (χ3v) is 4.48. The van der Waals surface area contributed by atoms with Gasteiger partial charge in [-0.15, -0.1) is 10.2 Å². The van der Waals surface area contributed by atoms with Crippen molar-refractivity contribution in [2.24, 2.45) is 0 Å². The molecule has 1 heterocycles. The third kappa shape index (κ3) is 3.49. The van der Waals surface area contributed by atoms with Gasteiger partial charge in [0.15, 0.2) is 5.16 Å². The van der Waals surface area contributed by atoms with Crippen molar-refractivity contribution in [2.45, 2.75) is 42.8 Å². The molecule has 2 saturated carbocycles. The lowest BCUT2D eigenvalue weighted by molar-refractivity contribution is 0.200. The topological polar surface area (TPSA) is 52.0 Å². The standard InChI is InChI=1S/C13H22N4OS/c1-18-8-6-14-7-9-19-13-16-15-12(10-2-3-10)17(13)11-4-5-11/h10-11,14H,2-9H2,1H3. The summed E-state index contributed by atoms with van der Waals surface area (Å²) >= 11 is 1.83. The summed E-state index contributed by atoms with van der Waals surface area (Å²) in [6.45, 7) is 2.68. The molecule has 0 bridgehead atoms. The van der Waals surface area contributed by atoms with Crippen LogP contribution >= 0.6 is 11.8 Å². The highest BCUT2D eigenvalue weighted by atomic mass is 32.2. The van der Waals surface area contributed by atoms with E-state index < -0.39 is 0 Å². The molecule has 1 aromatic heterocycles. The van der Waals surface area contributed by atoms with Crippen LogP contribution in [-0.2, 0) is 4.74 Å². The lowest BCUT2D eigenvalue weighted by Crippen LogP contribution is -2.21. The van der Waals surface area contributed by atoms with Gasteiger partial charge in [0, 0.05) is 37.9 Å². The highest BCUT2D eigenvalue weighted by Gasteiger charge is 2.36. The molecule has 0 unspecified atom stereocenters. The van der Waals surface area contributed by atoms with E-state index >= 15 is 0 Å². The van der Waals surface area contributed by atoms with Crippen LogP contribution in [0.4, 0.5) is 0 Å². The van der Waals surface area contributed by atoms with Crippen molar-refractivity contribution in [2.75, 3.05) is 32.6 Å². The van der Waals surface area contributed by atoms with Crippen LogP contribution in [0.15, 0.2) is 5.16 Å². The fourth-order valence-electron chi connectivity index (χ4n) is 2.20. The van der Waals surface area contributed by atoms with Gasteiger partial charge in [-0.25, -0.2) is 0 Å². The van der Waals surface area contributed by atoms with Crippen LogP contribution in [-0.4, -0.2) is 47.3 Å². The molecule has 3 rings (SSSR count). The lowest BCUT2D eigenvalue weighted by Gasteiger charge is -2.08. The van der Waals surface area contributed by atoms with E-state index in [0.29, 0.717) is 12.0 Å². The highest BCUT2D eigenvalue weighted by Crippen LogP contribution is 2.45. The molecule has 5 nitrogen and oxygen atoms in total. The normalized spacial score (nSPS) is 19.0. The quantitative estimate of drug-likeness (QED) is 0.553. The molecule has 0 aliphatic heterocycles. The first-order valence-electron chi connectivity index (χ1n) is 7.17. The van der Waals surface area contributed by atoms with E-state index in [1.807, 2.05) is 11.8 Å². The van der Waals surface area contributed by atoms with Crippen molar-refractivity contribution < 1.29 is 4.74 Å². The van der Waals surface area contributed by atoms with Crippen LogP contribution in [0.5, 0.6) is 0 Å². The number of nitrogens with zero attached hydrogens (tertiary/aromatic N) is 3. The molecule has 2 aliphatic rings. The van der Waals surface area contributed by atoms with Crippen molar-refractivity contribution in [3.63, 3.8) is 0 Å². The van der Waals surface area contributed by atoms with Gasteiger partial charge in [-0.1, -0.05) is 11.8 Å². The van der Waals surface area contributed by atoms with Crippen molar-refractivity contribution in [3.8, 4) is 0 Å². The van der Waals surface area contributed by atoms with E-state index in [4.69, 9.17) is 4.74 Å². The molecular formula is C13H22N4OS. The molecule has 1 aromatic rings. The molecule has 0 saturated heterocycles.